The smallest absolute Gasteiger partial charge is 0 e. The fourth-order valence-corrected chi connectivity index (χ4v) is 0. The quantitative estimate of drug-likeness (QED) is 0.552. The molecule has 0 saturated heterocycles. The monoisotopic (exact) mass is 195 g/mol. The molecule has 0 amide bonds. The van der Waals surface area contributed by atoms with Crippen molar-refractivity contribution in [2.24, 2.45) is 0 Å². The van der Waals surface area contributed by atoms with Gasteiger partial charge in [0.1, 0.15) is 0 Å². The van der Waals surface area contributed by atoms with Crippen LogP contribution in [-0.2, 0) is 32.7 Å². The van der Waals surface area contributed by atoms with Crippen molar-refractivity contribution in [3.63, 3.8) is 0 Å². The van der Waals surface area contributed by atoms with Gasteiger partial charge in [-0.25, -0.2) is 0 Å². The first-order valence-corrected chi connectivity index (χ1v) is 3.00. The van der Waals surface area contributed by atoms with E-state index < -0.39 is 0 Å². The maximum Gasteiger partial charge on any atom is 0 e. The zero-order valence-corrected chi connectivity index (χ0v) is 9.42. The first kappa shape index (κ1) is 35.5. The molecule has 0 unspecified atom stereocenters. The van der Waals surface area contributed by atoms with Crippen molar-refractivity contribution < 1.29 is 32.7 Å². The Bertz CT molecular complexity index is 4.35. The second-order valence-electron chi connectivity index (χ2n) is 0. The average Bonchev–Trinajstić information content (AvgIpc) is 1.81. The molecule has 0 heterocycles. The number of rotatable bonds is 0. The molecule has 0 aliphatic rings. The van der Waals surface area contributed by atoms with Crippen LogP contribution in [0, 0.1) is 0 Å². The predicted molar refractivity (Wildman–Crippen MR) is 40.8 cm³/mol. The SMILES string of the molecule is C.CC.CC.CC.[Y]. The predicted octanol–water partition coefficient (Wildman–Crippen LogP) is 3.71. The summed E-state index contributed by atoms with van der Waals surface area (Å²) in [5, 5.41) is 0. The minimum atomic E-state index is 0. The molecule has 0 nitrogen and oxygen atoms in total. The summed E-state index contributed by atoms with van der Waals surface area (Å²) >= 11 is 0. The second kappa shape index (κ2) is 336. The summed E-state index contributed by atoms with van der Waals surface area (Å²) in [6.45, 7) is 12.0. The number of hydrogen-bond donors (Lipinski definition) is 0. The second-order valence-corrected chi connectivity index (χ2v) is 0. The van der Waals surface area contributed by atoms with Crippen molar-refractivity contribution >= 4 is 0 Å². The molecule has 8 heavy (non-hydrogen) atoms. The fourth-order valence-electron chi connectivity index (χ4n) is 0. The van der Waals surface area contributed by atoms with Crippen LogP contribution in [0.5, 0.6) is 0 Å². The molecule has 0 atom stereocenters. The molecule has 0 aromatic rings. The minimum Gasteiger partial charge on any atom is -0.0776 e. The van der Waals surface area contributed by atoms with Crippen LogP contribution < -0.4 is 0 Å². The standard InChI is InChI=1S/3C2H6.CH4.Y/c3*1-2;;/h3*1-2H3;1H4;. The molecule has 0 aromatic heterocycles. The van der Waals surface area contributed by atoms with Gasteiger partial charge in [-0.1, -0.05) is 49.0 Å². The Kier molecular flexibility index (Phi) is 1490. The van der Waals surface area contributed by atoms with E-state index in [0.29, 0.717) is 0 Å². The first-order valence-electron chi connectivity index (χ1n) is 3.00. The summed E-state index contributed by atoms with van der Waals surface area (Å²) < 4.78 is 0. The molecule has 0 saturated carbocycles. The summed E-state index contributed by atoms with van der Waals surface area (Å²) in [6, 6.07) is 0. The maximum atomic E-state index is 2.00. The third kappa shape index (κ3) is 217. The van der Waals surface area contributed by atoms with Gasteiger partial charge in [0.05, 0.1) is 0 Å². The van der Waals surface area contributed by atoms with E-state index in [4.69, 9.17) is 0 Å². The number of hydrogen-bond acceptors (Lipinski definition) is 0. The van der Waals surface area contributed by atoms with Crippen molar-refractivity contribution in [2.75, 3.05) is 0 Å². The molecule has 53 valence electrons. The van der Waals surface area contributed by atoms with E-state index in [-0.39, 0.29) is 40.1 Å². The van der Waals surface area contributed by atoms with Gasteiger partial charge in [-0.2, -0.15) is 0 Å². The Morgan fingerprint density at radius 3 is 0.500 bits per heavy atom. The minimum absolute atomic E-state index is 0. The molecule has 0 aliphatic carbocycles. The summed E-state index contributed by atoms with van der Waals surface area (Å²) in [6.07, 6.45) is 0. The van der Waals surface area contributed by atoms with Crippen molar-refractivity contribution in [3.05, 3.63) is 0 Å². The van der Waals surface area contributed by atoms with Crippen LogP contribution in [0.15, 0.2) is 0 Å². The topological polar surface area (TPSA) is 0 Å². The maximum absolute atomic E-state index is 2.00. The van der Waals surface area contributed by atoms with Gasteiger partial charge in [0.15, 0.2) is 0 Å². The molecular weight excluding hydrogens is 173 g/mol. The molecule has 0 bridgehead atoms. The molecule has 0 fully saturated rings. The molecule has 1 heteroatoms. The van der Waals surface area contributed by atoms with Crippen LogP contribution in [0.3, 0.4) is 0 Å². The van der Waals surface area contributed by atoms with Crippen LogP contribution in [-0.4, -0.2) is 0 Å². The van der Waals surface area contributed by atoms with Crippen LogP contribution in [0.2, 0.25) is 0 Å². The molecular formula is C7H22Y. The third-order valence-corrected chi connectivity index (χ3v) is 0. The third-order valence-electron chi connectivity index (χ3n) is 0. The van der Waals surface area contributed by atoms with Crippen LogP contribution >= 0.6 is 0 Å². The van der Waals surface area contributed by atoms with Crippen LogP contribution in [0.1, 0.15) is 49.0 Å². The summed E-state index contributed by atoms with van der Waals surface area (Å²) in [7, 11) is 0. The van der Waals surface area contributed by atoms with E-state index in [2.05, 4.69) is 0 Å². The van der Waals surface area contributed by atoms with E-state index in [1.54, 1.807) is 0 Å². The molecule has 0 rings (SSSR count). The Balaban J connectivity index is -0.00000000500. The van der Waals surface area contributed by atoms with Gasteiger partial charge in [0.25, 0.3) is 0 Å². The zero-order chi connectivity index (χ0) is 6.00. The molecule has 0 spiro atoms. The largest absolute Gasteiger partial charge is 0.0776 e. The molecule has 0 aliphatic heterocycles. The van der Waals surface area contributed by atoms with E-state index in [9.17, 15) is 0 Å². The van der Waals surface area contributed by atoms with Crippen molar-refractivity contribution in [3.8, 4) is 0 Å². The molecule has 1 radical (unpaired) electrons. The van der Waals surface area contributed by atoms with Crippen LogP contribution in [0.25, 0.3) is 0 Å². The van der Waals surface area contributed by atoms with Crippen molar-refractivity contribution in [2.45, 2.75) is 49.0 Å². The Morgan fingerprint density at radius 1 is 0.500 bits per heavy atom. The van der Waals surface area contributed by atoms with E-state index >= 15 is 0 Å². The van der Waals surface area contributed by atoms with Gasteiger partial charge >= 0.3 is 0 Å². The van der Waals surface area contributed by atoms with Gasteiger partial charge in [0, 0.05) is 32.7 Å². The zero-order valence-electron chi connectivity index (χ0n) is 6.58. The van der Waals surface area contributed by atoms with Gasteiger partial charge in [0.2, 0.25) is 0 Å². The Hall–Kier alpha value is 1.10. The average molecular weight is 195 g/mol. The summed E-state index contributed by atoms with van der Waals surface area (Å²) in [5.74, 6) is 0. The van der Waals surface area contributed by atoms with Crippen molar-refractivity contribution in [1.82, 2.24) is 0 Å². The van der Waals surface area contributed by atoms with E-state index in [0.717, 1.165) is 0 Å². The Morgan fingerprint density at radius 2 is 0.500 bits per heavy atom. The Labute approximate surface area is 81.3 Å². The summed E-state index contributed by atoms with van der Waals surface area (Å²) in [5.41, 5.74) is 0. The van der Waals surface area contributed by atoms with E-state index in [1.165, 1.54) is 0 Å². The van der Waals surface area contributed by atoms with Gasteiger partial charge in [-0.3, -0.25) is 0 Å². The van der Waals surface area contributed by atoms with Crippen LogP contribution in [0.4, 0.5) is 0 Å². The fraction of sp³-hybridized carbons (Fsp3) is 1.00. The molecule has 0 N–H and O–H groups in total. The normalized spacial score (nSPS) is 2.25. The first-order chi connectivity index (χ1) is 3.00. The van der Waals surface area contributed by atoms with Crippen molar-refractivity contribution in [1.29, 1.82) is 0 Å². The van der Waals surface area contributed by atoms with E-state index in [1.807, 2.05) is 41.5 Å². The summed E-state index contributed by atoms with van der Waals surface area (Å²) in [4.78, 5) is 0. The molecule has 0 aromatic carbocycles. The van der Waals surface area contributed by atoms with Gasteiger partial charge in [-0.05, 0) is 0 Å². The van der Waals surface area contributed by atoms with Gasteiger partial charge < -0.3 is 0 Å². The van der Waals surface area contributed by atoms with Gasteiger partial charge in [-0.15, -0.1) is 0 Å².